The van der Waals surface area contributed by atoms with Crippen molar-refractivity contribution in [2.24, 2.45) is 0 Å². The van der Waals surface area contributed by atoms with E-state index in [1.54, 1.807) is 24.3 Å². The van der Waals surface area contributed by atoms with Crippen LogP contribution in [0.1, 0.15) is 11.1 Å². The van der Waals surface area contributed by atoms with Crippen LogP contribution in [-0.4, -0.2) is 61.8 Å². The van der Waals surface area contributed by atoms with Crippen molar-refractivity contribution in [1.82, 2.24) is 0 Å². The van der Waals surface area contributed by atoms with E-state index < -0.39 is 30.4 Å². The molecule has 8 nitrogen and oxygen atoms in total. The molecule has 0 saturated carbocycles. The highest BCUT2D eigenvalue weighted by Gasteiger charge is 2.39. The van der Waals surface area contributed by atoms with Gasteiger partial charge in [0.05, 0.1) is 6.61 Å². The van der Waals surface area contributed by atoms with E-state index in [2.05, 4.69) is 0 Å². The van der Waals surface area contributed by atoms with Crippen molar-refractivity contribution in [2.75, 3.05) is 6.61 Å². The van der Waals surface area contributed by atoms with Crippen LogP contribution in [0.5, 0.6) is 23.0 Å². The summed E-state index contributed by atoms with van der Waals surface area (Å²) in [5, 5.41) is 58.5. The van der Waals surface area contributed by atoms with Gasteiger partial charge in [0, 0.05) is 11.6 Å². The summed E-state index contributed by atoms with van der Waals surface area (Å²) < 4.78 is 10.7. The zero-order valence-corrected chi connectivity index (χ0v) is 14.1. The highest BCUT2D eigenvalue weighted by Crippen LogP contribution is 2.37. The van der Waals surface area contributed by atoms with E-state index in [0.29, 0.717) is 0 Å². The van der Waals surface area contributed by atoms with Gasteiger partial charge in [0.15, 0.2) is 11.5 Å². The lowest BCUT2D eigenvalue weighted by Gasteiger charge is -2.35. The summed E-state index contributed by atoms with van der Waals surface area (Å²) in [7, 11) is 0. The second-order valence-corrected chi connectivity index (χ2v) is 6.18. The predicted octanol–water partition coefficient (Wildman–Crippen LogP) is 0.792. The molecule has 1 aliphatic rings. The molecule has 6 N–H and O–H groups in total. The molecule has 0 spiro atoms. The largest absolute Gasteiger partial charge is 0.508 e. The van der Waals surface area contributed by atoms with Crippen LogP contribution in [0.2, 0.25) is 0 Å². The first kappa shape index (κ1) is 19.0. The van der Waals surface area contributed by atoms with E-state index in [0.717, 1.165) is 11.6 Å². The molecular formula is C19H20O8. The van der Waals surface area contributed by atoms with Crippen LogP contribution in [0.25, 0.3) is 12.2 Å². The molecule has 0 radical (unpaired) electrons. The van der Waals surface area contributed by atoms with Crippen molar-refractivity contribution in [3.05, 3.63) is 47.5 Å². The fraction of sp³-hybridized carbons (Fsp3) is 0.263. The molecule has 0 bridgehead atoms. The molecule has 4 atom stereocenters. The number of ether oxygens (including phenoxy) is 2. The number of hydrogen-bond acceptors (Lipinski definition) is 8. The third kappa shape index (κ3) is 4.32. The van der Waals surface area contributed by atoms with Crippen LogP contribution >= 0.6 is 0 Å². The SMILES string of the molecule is Oc1ccc(C=Cc2cc(O)cc(O)c2OC2OCC(O)C(O)C2O)cc1. The average Bonchev–Trinajstić information content (AvgIpc) is 2.63. The third-order valence-electron chi connectivity index (χ3n) is 4.12. The second kappa shape index (κ2) is 7.85. The van der Waals surface area contributed by atoms with E-state index >= 15 is 0 Å². The van der Waals surface area contributed by atoms with E-state index in [1.807, 2.05) is 0 Å². The van der Waals surface area contributed by atoms with Crippen LogP contribution in [0.15, 0.2) is 36.4 Å². The van der Waals surface area contributed by atoms with E-state index in [1.165, 1.54) is 18.2 Å². The highest BCUT2D eigenvalue weighted by molar-refractivity contribution is 5.75. The zero-order valence-electron chi connectivity index (χ0n) is 14.1. The van der Waals surface area contributed by atoms with Crippen LogP contribution in [0, 0.1) is 0 Å². The first-order valence-electron chi connectivity index (χ1n) is 8.20. The van der Waals surface area contributed by atoms with Crippen LogP contribution < -0.4 is 4.74 Å². The molecule has 0 aromatic heterocycles. The third-order valence-corrected chi connectivity index (χ3v) is 4.12. The fourth-order valence-corrected chi connectivity index (χ4v) is 2.64. The number of phenolic OH excluding ortho intramolecular Hbond substituents is 3. The smallest absolute Gasteiger partial charge is 0.229 e. The van der Waals surface area contributed by atoms with Gasteiger partial charge in [-0.05, 0) is 23.8 Å². The minimum atomic E-state index is -1.53. The van der Waals surface area contributed by atoms with Crippen LogP contribution in [0.4, 0.5) is 0 Å². The van der Waals surface area contributed by atoms with Crippen LogP contribution in [0.3, 0.4) is 0 Å². The molecule has 144 valence electrons. The summed E-state index contributed by atoms with van der Waals surface area (Å²) in [5.74, 6) is -0.548. The molecule has 0 aliphatic carbocycles. The van der Waals surface area contributed by atoms with Crippen molar-refractivity contribution in [3.63, 3.8) is 0 Å². The predicted molar refractivity (Wildman–Crippen MR) is 95.2 cm³/mol. The summed E-state index contributed by atoms with van der Waals surface area (Å²) in [4.78, 5) is 0. The van der Waals surface area contributed by atoms with Gasteiger partial charge < -0.3 is 40.1 Å². The Labute approximate surface area is 154 Å². The maximum Gasteiger partial charge on any atom is 0.229 e. The number of hydrogen-bond donors (Lipinski definition) is 6. The van der Waals surface area contributed by atoms with Crippen molar-refractivity contribution in [1.29, 1.82) is 0 Å². The summed E-state index contributed by atoms with van der Waals surface area (Å²) >= 11 is 0. The molecule has 2 aromatic carbocycles. The molecule has 2 aromatic rings. The molecule has 1 aliphatic heterocycles. The summed E-state index contributed by atoms with van der Waals surface area (Å²) in [6.45, 7) is -0.250. The van der Waals surface area contributed by atoms with E-state index in [-0.39, 0.29) is 29.4 Å². The van der Waals surface area contributed by atoms with Crippen molar-refractivity contribution in [2.45, 2.75) is 24.6 Å². The molecule has 8 heteroatoms. The Kier molecular flexibility index (Phi) is 5.52. The molecule has 1 fully saturated rings. The van der Waals surface area contributed by atoms with Gasteiger partial charge in [0.2, 0.25) is 6.29 Å². The number of rotatable bonds is 4. The first-order chi connectivity index (χ1) is 12.8. The summed E-state index contributed by atoms with van der Waals surface area (Å²) in [6, 6.07) is 8.76. The molecule has 1 saturated heterocycles. The molecular weight excluding hydrogens is 356 g/mol. The molecule has 1 heterocycles. The Balaban J connectivity index is 1.87. The fourth-order valence-electron chi connectivity index (χ4n) is 2.64. The minimum Gasteiger partial charge on any atom is -0.508 e. The summed E-state index contributed by atoms with van der Waals surface area (Å²) in [6.07, 6.45) is -2.34. The van der Waals surface area contributed by atoms with Gasteiger partial charge in [-0.15, -0.1) is 0 Å². The topological polar surface area (TPSA) is 140 Å². The maximum atomic E-state index is 10.1. The Morgan fingerprint density at radius 2 is 1.59 bits per heavy atom. The number of benzene rings is 2. The first-order valence-corrected chi connectivity index (χ1v) is 8.20. The van der Waals surface area contributed by atoms with E-state index in [9.17, 15) is 30.6 Å². The number of phenols is 3. The average molecular weight is 376 g/mol. The quantitative estimate of drug-likeness (QED) is 0.431. The lowest BCUT2D eigenvalue weighted by Crippen LogP contribution is -2.54. The van der Waals surface area contributed by atoms with Crippen molar-refractivity contribution >= 4 is 12.2 Å². The Morgan fingerprint density at radius 1 is 0.889 bits per heavy atom. The second-order valence-electron chi connectivity index (χ2n) is 6.18. The lowest BCUT2D eigenvalue weighted by molar-refractivity contribution is -0.242. The van der Waals surface area contributed by atoms with E-state index in [4.69, 9.17) is 9.47 Å². The van der Waals surface area contributed by atoms with Crippen molar-refractivity contribution < 1.29 is 40.1 Å². The maximum absolute atomic E-state index is 10.1. The zero-order chi connectivity index (χ0) is 19.6. The summed E-state index contributed by atoms with van der Waals surface area (Å²) in [5.41, 5.74) is 1.03. The molecule has 3 rings (SSSR count). The Morgan fingerprint density at radius 3 is 2.30 bits per heavy atom. The standard InChI is InChI=1S/C19H20O8/c20-12-5-2-10(3-6-12)1-4-11-7-13(21)8-14(22)18(11)27-19-17(25)16(24)15(23)9-26-19/h1-8,15-17,19-25H,9H2. The van der Waals surface area contributed by atoms with Gasteiger partial charge in [-0.2, -0.15) is 0 Å². The molecule has 0 amide bonds. The monoisotopic (exact) mass is 376 g/mol. The number of aromatic hydroxyl groups is 3. The van der Waals surface area contributed by atoms with Gasteiger partial charge in [0.25, 0.3) is 0 Å². The lowest BCUT2D eigenvalue weighted by atomic mass is 10.1. The minimum absolute atomic E-state index is 0.0736. The Hall–Kier alpha value is -2.78. The van der Waals surface area contributed by atoms with Gasteiger partial charge in [-0.3, -0.25) is 0 Å². The normalized spacial score (nSPS) is 25.6. The molecule has 4 unspecified atom stereocenters. The Bertz CT molecular complexity index is 817. The van der Waals surface area contributed by atoms with Crippen molar-refractivity contribution in [3.8, 4) is 23.0 Å². The van der Waals surface area contributed by atoms with Gasteiger partial charge >= 0.3 is 0 Å². The number of aliphatic hydroxyl groups is 3. The van der Waals surface area contributed by atoms with Crippen LogP contribution in [-0.2, 0) is 4.74 Å². The number of aliphatic hydroxyl groups excluding tert-OH is 3. The van der Waals surface area contributed by atoms with Gasteiger partial charge in [-0.1, -0.05) is 24.3 Å². The van der Waals surface area contributed by atoms with Gasteiger partial charge in [-0.25, -0.2) is 0 Å². The highest BCUT2D eigenvalue weighted by atomic mass is 16.7. The van der Waals surface area contributed by atoms with Gasteiger partial charge in [0.1, 0.15) is 29.8 Å². The molecule has 27 heavy (non-hydrogen) atoms.